The van der Waals surface area contributed by atoms with Crippen LogP contribution in [0.25, 0.3) is 0 Å². The number of rotatable bonds is 4. The number of amides is 2. The first-order chi connectivity index (χ1) is 6.79. The van der Waals surface area contributed by atoms with Gasteiger partial charge in [-0.2, -0.15) is 0 Å². The fourth-order valence-electron chi connectivity index (χ4n) is 1.80. The maximum atomic E-state index is 11.9. The molecule has 1 rings (SSSR count). The summed E-state index contributed by atoms with van der Waals surface area (Å²) < 4.78 is 0. The van der Waals surface area contributed by atoms with E-state index in [1.165, 1.54) is 0 Å². The van der Waals surface area contributed by atoms with E-state index in [1.807, 2.05) is 9.80 Å². The van der Waals surface area contributed by atoms with E-state index >= 15 is 0 Å². The van der Waals surface area contributed by atoms with Gasteiger partial charge >= 0.3 is 6.03 Å². The number of urea groups is 1. The Morgan fingerprint density at radius 1 is 1.50 bits per heavy atom. The molecule has 0 aromatic carbocycles. The molecule has 2 amide bonds. The molecule has 0 N–H and O–H groups in total. The van der Waals surface area contributed by atoms with Crippen LogP contribution in [-0.4, -0.2) is 42.0 Å². The van der Waals surface area contributed by atoms with Crippen LogP contribution >= 0.6 is 0 Å². The van der Waals surface area contributed by atoms with Crippen molar-refractivity contribution in [3.63, 3.8) is 0 Å². The minimum absolute atomic E-state index is 0.184. The topological polar surface area (TPSA) is 23.6 Å². The van der Waals surface area contributed by atoms with Crippen LogP contribution < -0.4 is 0 Å². The first kappa shape index (κ1) is 11.1. The Morgan fingerprint density at radius 3 is 2.64 bits per heavy atom. The molecule has 3 heteroatoms. The summed E-state index contributed by atoms with van der Waals surface area (Å²) in [5.41, 5.74) is 0. The van der Waals surface area contributed by atoms with Gasteiger partial charge in [-0.05, 0) is 19.3 Å². The largest absolute Gasteiger partial charge is 0.325 e. The summed E-state index contributed by atoms with van der Waals surface area (Å²) in [6.45, 7) is 9.13. The van der Waals surface area contributed by atoms with Crippen LogP contribution in [0.1, 0.15) is 26.2 Å². The first-order valence-corrected chi connectivity index (χ1v) is 5.44. The fourth-order valence-corrected chi connectivity index (χ4v) is 1.80. The summed E-state index contributed by atoms with van der Waals surface area (Å²) in [6.07, 6.45) is 5.11. The number of hydrogen-bond acceptors (Lipinski definition) is 1. The van der Waals surface area contributed by atoms with E-state index < -0.39 is 0 Å². The third-order valence-electron chi connectivity index (χ3n) is 2.49. The molecule has 0 radical (unpaired) electrons. The summed E-state index contributed by atoms with van der Waals surface area (Å²) in [6, 6.07) is 0.184. The highest BCUT2D eigenvalue weighted by Crippen LogP contribution is 2.10. The molecule has 0 aromatic heterocycles. The number of carbonyl (C=O) groups is 1. The third-order valence-corrected chi connectivity index (χ3v) is 2.49. The molecule has 0 aromatic rings. The number of nitrogens with zero attached hydrogens (tertiary/aromatic N) is 2. The van der Waals surface area contributed by atoms with Crippen LogP contribution in [0.3, 0.4) is 0 Å². The molecule has 1 aliphatic rings. The van der Waals surface area contributed by atoms with Crippen molar-refractivity contribution in [2.24, 2.45) is 0 Å². The minimum Gasteiger partial charge on any atom is -0.325 e. The van der Waals surface area contributed by atoms with Crippen molar-refractivity contribution >= 4 is 6.03 Å². The lowest BCUT2D eigenvalue weighted by atomic mass is 10.4. The minimum atomic E-state index is 0.184. The van der Waals surface area contributed by atoms with Gasteiger partial charge in [0.05, 0.1) is 0 Å². The van der Waals surface area contributed by atoms with Crippen LogP contribution in [0.15, 0.2) is 12.7 Å². The first-order valence-electron chi connectivity index (χ1n) is 5.44. The molecule has 0 atom stereocenters. The average molecular weight is 196 g/mol. The second-order valence-electron chi connectivity index (χ2n) is 3.71. The molecule has 1 aliphatic heterocycles. The van der Waals surface area contributed by atoms with E-state index in [0.29, 0.717) is 6.54 Å². The normalized spacial score (nSPS) is 15.6. The summed E-state index contributed by atoms with van der Waals surface area (Å²) in [7, 11) is 0. The van der Waals surface area contributed by atoms with Gasteiger partial charge in [0.1, 0.15) is 0 Å². The standard InChI is InChI=1S/C11H20N2O/c1-3-7-12(8-4-2)11(14)13-9-5-6-10-13/h3H,1,4-10H2,2H3. The van der Waals surface area contributed by atoms with E-state index in [9.17, 15) is 4.79 Å². The predicted molar refractivity (Wildman–Crippen MR) is 58.3 cm³/mol. The Kier molecular flexibility index (Phi) is 4.50. The smallest absolute Gasteiger partial charge is 0.320 e. The van der Waals surface area contributed by atoms with E-state index in [-0.39, 0.29) is 6.03 Å². The zero-order chi connectivity index (χ0) is 10.4. The Hall–Kier alpha value is -0.990. The van der Waals surface area contributed by atoms with Crippen LogP contribution in [0.2, 0.25) is 0 Å². The van der Waals surface area contributed by atoms with Crippen molar-refractivity contribution in [1.82, 2.24) is 9.80 Å². The summed E-state index contributed by atoms with van der Waals surface area (Å²) in [4.78, 5) is 15.7. The van der Waals surface area contributed by atoms with Gasteiger partial charge in [-0.25, -0.2) is 4.79 Å². The van der Waals surface area contributed by atoms with Crippen LogP contribution in [0.4, 0.5) is 4.79 Å². The third kappa shape index (κ3) is 2.76. The van der Waals surface area contributed by atoms with E-state index in [0.717, 1.165) is 38.9 Å². The Bertz CT molecular complexity index is 197. The SMILES string of the molecule is C=CCN(CCC)C(=O)N1CCCC1. The van der Waals surface area contributed by atoms with Crippen molar-refractivity contribution in [2.45, 2.75) is 26.2 Å². The average Bonchev–Trinajstić information content (AvgIpc) is 2.69. The quantitative estimate of drug-likeness (QED) is 0.632. The molecular weight excluding hydrogens is 176 g/mol. The molecule has 1 saturated heterocycles. The molecule has 0 spiro atoms. The lowest BCUT2D eigenvalue weighted by Crippen LogP contribution is -2.42. The monoisotopic (exact) mass is 196 g/mol. The van der Waals surface area contributed by atoms with Crippen LogP contribution in [0.5, 0.6) is 0 Å². The van der Waals surface area contributed by atoms with Crippen LogP contribution in [-0.2, 0) is 0 Å². The van der Waals surface area contributed by atoms with Crippen molar-refractivity contribution in [3.05, 3.63) is 12.7 Å². The van der Waals surface area contributed by atoms with E-state index in [1.54, 1.807) is 6.08 Å². The number of hydrogen-bond donors (Lipinski definition) is 0. The molecule has 3 nitrogen and oxygen atoms in total. The Labute approximate surface area is 86.4 Å². The predicted octanol–water partition coefficient (Wildman–Crippen LogP) is 2.10. The van der Waals surface area contributed by atoms with Gasteiger partial charge in [0, 0.05) is 26.2 Å². The lowest BCUT2D eigenvalue weighted by Gasteiger charge is -2.26. The fraction of sp³-hybridized carbons (Fsp3) is 0.727. The second kappa shape index (κ2) is 5.68. The molecule has 1 fully saturated rings. The highest BCUT2D eigenvalue weighted by Gasteiger charge is 2.21. The van der Waals surface area contributed by atoms with Gasteiger partial charge in [-0.15, -0.1) is 6.58 Å². The van der Waals surface area contributed by atoms with Gasteiger partial charge < -0.3 is 9.80 Å². The Morgan fingerprint density at radius 2 is 2.14 bits per heavy atom. The summed E-state index contributed by atoms with van der Waals surface area (Å²) in [5, 5.41) is 0. The second-order valence-corrected chi connectivity index (χ2v) is 3.71. The molecule has 80 valence electrons. The highest BCUT2D eigenvalue weighted by atomic mass is 16.2. The Balaban J connectivity index is 2.47. The molecule has 14 heavy (non-hydrogen) atoms. The summed E-state index contributed by atoms with van der Waals surface area (Å²) >= 11 is 0. The number of carbonyl (C=O) groups excluding carboxylic acids is 1. The molecule has 1 heterocycles. The maximum Gasteiger partial charge on any atom is 0.320 e. The van der Waals surface area contributed by atoms with E-state index in [2.05, 4.69) is 13.5 Å². The molecule has 0 saturated carbocycles. The van der Waals surface area contributed by atoms with Gasteiger partial charge in [-0.1, -0.05) is 13.0 Å². The van der Waals surface area contributed by atoms with Gasteiger partial charge in [0.2, 0.25) is 0 Å². The lowest BCUT2D eigenvalue weighted by molar-refractivity contribution is 0.167. The zero-order valence-corrected chi connectivity index (χ0v) is 9.04. The van der Waals surface area contributed by atoms with Crippen molar-refractivity contribution in [1.29, 1.82) is 0 Å². The molecular formula is C11H20N2O. The molecule has 0 bridgehead atoms. The summed E-state index contributed by atoms with van der Waals surface area (Å²) in [5.74, 6) is 0. The van der Waals surface area contributed by atoms with Gasteiger partial charge in [0.15, 0.2) is 0 Å². The van der Waals surface area contributed by atoms with Gasteiger partial charge in [-0.3, -0.25) is 0 Å². The molecule has 0 unspecified atom stereocenters. The zero-order valence-electron chi connectivity index (χ0n) is 9.04. The molecule has 0 aliphatic carbocycles. The maximum absolute atomic E-state index is 11.9. The van der Waals surface area contributed by atoms with Crippen molar-refractivity contribution in [3.8, 4) is 0 Å². The van der Waals surface area contributed by atoms with Crippen molar-refractivity contribution in [2.75, 3.05) is 26.2 Å². The highest BCUT2D eigenvalue weighted by molar-refractivity contribution is 5.74. The number of likely N-dealkylation sites (tertiary alicyclic amines) is 1. The van der Waals surface area contributed by atoms with Crippen molar-refractivity contribution < 1.29 is 4.79 Å². The van der Waals surface area contributed by atoms with E-state index in [4.69, 9.17) is 0 Å². The van der Waals surface area contributed by atoms with Crippen LogP contribution in [0, 0.1) is 0 Å². The van der Waals surface area contributed by atoms with Gasteiger partial charge in [0.25, 0.3) is 0 Å².